The van der Waals surface area contributed by atoms with Gasteiger partial charge >= 0.3 is 0 Å². The molecule has 0 atom stereocenters. The molecule has 1 aliphatic rings. The predicted octanol–water partition coefficient (Wildman–Crippen LogP) is 1.59. The van der Waals surface area contributed by atoms with Crippen LogP contribution in [0.2, 0.25) is 0 Å². The monoisotopic (exact) mass is 335 g/mol. The van der Waals surface area contributed by atoms with E-state index >= 15 is 0 Å². The van der Waals surface area contributed by atoms with Gasteiger partial charge in [0.25, 0.3) is 0 Å². The molecular formula is C16H21N3O3S. The Bertz CT molecular complexity index is 752. The molecule has 1 aliphatic carbocycles. The van der Waals surface area contributed by atoms with Crippen LogP contribution in [0, 0.1) is 0 Å². The number of rotatable bonds is 8. The number of aromatic nitrogens is 2. The highest BCUT2D eigenvalue weighted by Gasteiger charge is 2.54. The van der Waals surface area contributed by atoms with Crippen molar-refractivity contribution in [1.82, 2.24) is 14.5 Å². The van der Waals surface area contributed by atoms with Crippen molar-refractivity contribution in [2.45, 2.75) is 30.7 Å². The Balaban J connectivity index is 1.55. The van der Waals surface area contributed by atoms with Crippen LogP contribution in [0.1, 0.15) is 24.1 Å². The first kappa shape index (κ1) is 16.2. The minimum absolute atomic E-state index is 0.225. The molecule has 1 saturated carbocycles. The maximum Gasteiger partial charge on any atom is 0.220 e. The zero-order valence-electron chi connectivity index (χ0n) is 13.1. The lowest BCUT2D eigenvalue weighted by molar-refractivity contribution is 0.116. The van der Waals surface area contributed by atoms with Gasteiger partial charge in [-0.25, -0.2) is 13.1 Å². The van der Waals surface area contributed by atoms with E-state index in [9.17, 15) is 8.42 Å². The SMILES string of the molecule is Cn1nccc1CNS(=O)(=O)C1(COCc2ccccc2)CC1. The number of nitrogens with one attached hydrogen (secondary N) is 1. The first-order valence-corrected chi connectivity index (χ1v) is 9.09. The number of hydrogen-bond donors (Lipinski definition) is 1. The summed E-state index contributed by atoms with van der Waals surface area (Å²) in [6, 6.07) is 11.6. The molecule has 1 N–H and O–H groups in total. The first-order valence-electron chi connectivity index (χ1n) is 7.60. The first-order chi connectivity index (χ1) is 11.0. The van der Waals surface area contributed by atoms with Crippen LogP contribution in [0.25, 0.3) is 0 Å². The molecular weight excluding hydrogens is 314 g/mol. The molecule has 0 aliphatic heterocycles. The number of ether oxygens (including phenoxy) is 1. The summed E-state index contributed by atoms with van der Waals surface area (Å²) in [4.78, 5) is 0. The standard InChI is InChI=1S/C16H21N3O3S/c1-19-15(7-10-17-19)11-18-23(20,21)16(8-9-16)13-22-12-14-5-3-2-4-6-14/h2-7,10,18H,8-9,11-13H2,1H3. The van der Waals surface area contributed by atoms with Crippen molar-refractivity contribution >= 4 is 10.0 Å². The molecule has 1 heterocycles. The highest BCUT2D eigenvalue weighted by molar-refractivity contribution is 7.91. The third kappa shape index (κ3) is 3.63. The number of aryl methyl sites for hydroxylation is 1. The number of nitrogens with zero attached hydrogens (tertiary/aromatic N) is 2. The van der Waals surface area contributed by atoms with E-state index in [1.54, 1.807) is 24.0 Å². The van der Waals surface area contributed by atoms with Crippen LogP contribution in [-0.2, 0) is 35.0 Å². The van der Waals surface area contributed by atoms with Crippen molar-refractivity contribution in [1.29, 1.82) is 0 Å². The van der Waals surface area contributed by atoms with Crippen molar-refractivity contribution in [3.63, 3.8) is 0 Å². The Morgan fingerprint density at radius 3 is 2.61 bits per heavy atom. The molecule has 0 radical (unpaired) electrons. The van der Waals surface area contributed by atoms with Gasteiger partial charge in [0.1, 0.15) is 4.75 Å². The number of sulfonamides is 1. The lowest BCUT2D eigenvalue weighted by Crippen LogP contribution is -2.39. The fourth-order valence-electron chi connectivity index (χ4n) is 2.46. The second-order valence-electron chi connectivity index (χ2n) is 5.93. The maximum absolute atomic E-state index is 12.5. The van der Waals surface area contributed by atoms with Gasteiger partial charge in [-0.2, -0.15) is 5.10 Å². The van der Waals surface area contributed by atoms with Crippen LogP contribution >= 0.6 is 0 Å². The lowest BCUT2D eigenvalue weighted by atomic mass is 10.2. The molecule has 1 aromatic heterocycles. The van der Waals surface area contributed by atoms with E-state index in [1.165, 1.54) is 0 Å². The Morgan fingerprint density at radius 2 is 2.00 bits per heavy atom. The molecule has 7 heteroatoms. The normalized spacial score (nSPS) is 16.4. The molecule has 0 saturated heterocycles. The van der Waals surface area contributed by atoms with Gasteiger partial charge in [0, 0.05) is 13.2 Å². The van der Waals surface area contributed by atoms with Crippen LogP contribution < -0.4 is 4.72 Å². The van der Waals surface area contributed by atoms with Crippen LogP contribution in [0.15, 0.2) is 42.6 Å². The minimum atomic E-state index is -3.41. The van der Waals surface area contributed by atoms with Crippen molar-refractivity contribution < 1.29 is 13.2 Å². The third-order valence-electron chi connectivity index (χ3n) is 4.22. The van der Waals surface area contributed by atoms with Gasteiger partial charge in [-0.05, 0) is 24.5 Å². The third-order valence-corrected chi connectivity index (χ3v) is 6.41. The summed E-state index contributed by atoms with van der Waals surface area (Å²) in [5, 5.41) is 4.04. The van der Waals surface area contributed by atoms with Gasteiger partial charge in [-0.3, -0.25) is 4.68 Å². The van der Waals surface area contributed by atoms with E-state index < -0.39 is 14.8 Å². The molecule has 6 nitrogen and oxygen atoms in total. The van der Waals surface area contributed by atoms with Crippen LogP contribution in [0.5, 0.6) is 0 Å². The molecule has 0 amide bonds. The van der Waals surface area contributed by atoms with Gasteiger partial charge in [-0.15, -0.1) is 0 Å². The Labute approximate surface area is 136 Å². The fraction of sp³-hybridized carbons (Fsp3) is 0.438. The van der Waals surface area contributed by atoms with Gasteiger partial charge < -0.3 is 4.74 Å². The van der Waals surface area contributed by atoms with Gasteiger partial charge in [-0.1, -0.05) is 30.3 Å². The van der Waals surface area contributed by atoms with E-state index in [4.69, 9.17) is 4.74 Å². The minimum Gasteiger partial charge on any atom is -0.375 e. The summed E-state index contributed by atoms with van der Waals surface area (Å²) >= 11 is 0. The van der Waals surface area contributed by atoms with E-state index in [2.05, 4.69) is 9.82 Å². The average molecular weight is 335 g/mol. The van der Waals surface area contributed by atoms with Crippen LogP contribution in [0.3, 0.4) is 0 Å². The van der Waals surface area contributed by atoms with Crippen molar-refractivity contribution in [3.05, 3.63) is 53.9 Å². The fourth-order valence-corrected chi connectivity index (χ4v) is 3.98. The molecule has 2 aromatic rings. The Kier molecular flexibility index (Phi) is 4.52. The Morgan fingerprint density at radius 1 is 1.26 bits per heavy atom. The molecule has 0 unspecified atom stereocenters. The summed E-state index contributed by atoms with van der Waals surface area (Å²) in [6.45, 7) is 0.904. The molecule has 0 spiro atoms. The highest BCUT2D eigenvalue weighted by Crippen LogP contribution is 2.43. The average Bonchev–Trinajstić information content (AvgIpc) is 3.23. The highest BCUT2D eigenvalue weighted by atomic mass is 32.2. The topological polar surface area (TPSA) is 73.2 Å². The van der Waals surface area contributed by atoms with Crippen molar-refractivity contribution in [2.75, 3.05) is 6.61 Å². The van der Waals surface area contributed by atoms with Gasteiger partial charge in [0.15, 0.2) is 0 Å². The smallest absolute Gasteiger partial charge is 0.220 e. The van der Waals surface area contributed by atoms with E-state index in [-0.39, 0.29) is 13.2 Å². The van der Waals surface area contributed by atoms with Gasteiger partial charge in [0.2, 0.25) is 10.0 Å². The number of hydrogen-bond acceptors (Lipinski definition) is 4. The molecule has 3 rings (SSSR count). The zero-order valence-corrected chi connectivity index (χ0v) is 13.9. The molecule has 124 valence electrons. The maximum atomic E-state index is 12.5. The second kappa shape index (κ2) is 6.43. The van der Waals surface area contributed by atoms with Crippen molar-refractivity contribution in [2.24, 2.45) is 7.05 Å². The number of benzene rings is 1. The summed E-state index contributed by atoms with van der Waals surface area (Å²) in [5.41, 5.74) is 1.87. The van der Waals surface area contributed by atoms with Crippen LogP contribution in [-0.4, -0.2) is 29.6 Å². The summed E-state index contributed by atoms with van der Waals surface area (Å²) in [5.74, 6) is 0. The predicted molar refractivity (Wildman–Crippen MR) is 87.0 cm³/mol. The summed E-state index contributed by atoms with van der Waals surface area (Å²) < 4.78 is 34.3. The molecule has 1 fully saturated rings. The van der Waals surface area contributed by atoms with Gasteiger partial charge in [0.05, 0.1) is 25.5 Å². The van der Waals surface area contributed by atoms with Crippen LogP contribution in [0.4, 0.5) is 0 Å². The van der Waals surface area contributed by atoms with Crippen molar-refractivity contribution in [3.8, 4) is 0 Å². The van der Waals surface area contributed by atoms with E-state index in [1.807, 2.05) is 30.3 Å². The van der Waals surface area contributed by atoms with E-state index in [0.717, 1.165) is 11.3 Å². The quantitative estimate of drug-likeness (QED) is 0.795. The largest absolute Gasteiger partial charge is 0.375 e. The summed E-state index contributed by atoms with van der Waals surface area (Å²) in [6.07, 6.45) is 2.94. The second-order valence-corrected chi connectivity index (χ2v) is 8.09. The summed E-state index contributed by atoms with van der Waals surface area (Å²) in [7, 11) is -1.62. The lowest BCUT2D eigenvalue weighted by Gasteiger charge is -2.17. The molecule has 1 aromatic carbocycles. The molecule has 23 heavy (non-hydrogen) atoms. The Hall–Kier alpha value is -1.70. The zero-order chi connectivity index (χ0) is 16.3. The van der Waals surface area contributed by atoms with E-state index in [0.29, 0.717) is 19.4 Å². The molecule has 0 bridgehead atoms.